The van der Waals surface area contributed by atoms with E-state index in [2.05, 4.69) is 22.0 Å². The van der Waals surface area contributed by atoms with E-state index in [1.165, 1.54) is 0 Å². The van der Waals surface area contributed by atoms with Crippen molar-refractivity contribution >= 4 is 27.5 Å². The first-order valence-electron chi connectivity index (χ1n) is 9.05. The molecule has 0 bridgehead atoms. The standard InChI is InChI=1S/C19H24N4O2S/c20-8-3-9-23(11-10-22-12-14-25-15-13-22)19(24)7-6-18-21-16-4-1-2-5-17(16)26-18/h1-2,4-5H,3,6-7,9-15H2. The average Bonchev–Trinajstić information content (AvgIpc) is 3.10. The van der Waals surface area contributed by atoms with Gasteiger partial charge in [0.2, 0.25) is 5.91 Å². The molecule has 0 atom stereocenters. The Bertz CT molecular complexity index is 731. The number of carbonyl (C=O) groups is 1. The number of carbonyl (C=O) groups excluding carboxylic acids is 1. The number of thiazole rings is 1. The molecule has 3 rings (SSSR count). The summed E-state index contributed by atoms with van der Waals surface area (Å²) in [7, 11) is 0. The molecule has 0 saturated carbocycles. The van der Waals surface area contributed by atoms with Crippen LogP contribution < -0.4 is 0 Å². The average molecular weight is 372 g/mol. The van der Waals surface area contributed by atoms with Gasteiger partial charge in [-0.15, -0.1) is 11.3 Å². The Kier molecular flexibility index (Phi) is 6.95. The Hall–Kier alpha value is -2.01. The van der Waals surface area contributed by atoms with Gasteiger partial charge in [0, 0.05) is 45.6 Å². The number of amides is 1. The van der Waals surface area contributed by atoms with Crippen LogP contribution in [-0.2, 0) is 16.0 Å². The van der Waals surface area contributed by atoms with Gasteiger partial charge in [0.15, 0.2) is 0 Å². The topological polar surface area (TPSA) is 69.5 Å². The third-order valence-corrected chi connectivity index (χ3v) is 5.62. The van der Waals surface area contributed by atoms with Crippen molar-refractivity contribution in [2.24, 2.45) is 0 Å². The second kappa shape index (κ2) is 9.62. The fraction of sp³-hybridized carbons (Fsp3) is 0.526. The quantitative estimate of drug-likeness (QED) is 0.711. The number of hydrogen-bond donors (Lipinski definition) is 0. The number of aromatic nitrogens is 1. The van der Waals surface area contributed by atoms with Crippen LogP contribution in [0.1, 0.15) is 17.8 Å². The van der Waals surface area contributed by atoms with E-state index in [1.54, 1.807) is 11.3 Å². The summed E-state index contributed by atoms with van der Waals surface area (Å²) in [5.41, 5.74) is 0.994. The predicted molar refractivity (Wildman–Crippen MR) is 102 cm³/mol. The number of benzene rings is 1. The molecule has 0 spiro atoms. The van der Waals surface area contributed by atoms with Crippen molar-refractivity contribution in [1.29, 1.82) is 5.26 Å². The minimum absolute atomic E-state index is 0.104. The highest BCUT2D eigenvalue weighted by molar-refractivity contribution is 7.18. The normalized spacial score (nSPS) is 15.0. The van der Waals surface area contributed by atoms with Crippen molar-refractivity contribution in [2.45, 2.75) is 19.3 Å². The van der Waals surface area contributed by atoms with Crippen LogP contribution in [0.5, 0.6) is 0 Å². The van der Waals surface area contributed by atoms with Crippen molar-refractivity contribution in [3.63, 3.8) is 0 Å². The van der Waals surface area contributed by atoms with Gasteiger partial charge in [0.05, 0.1) is 40.9 Å². The Morgan fingerprint density at radius 1 is 1.31 bits per heavy atom. The van der Waals surface area contributed by atoms with Gasteiger partial charge in [-0.2, -0.15) is 5.26 Å². The number of aryl methyl sites for hydroxylation is 1. The molecule has 1 aliphatic rings. The first kappa shape index (κ1) is 18.8. The van der Waals surface area contributed by atoms with Crippen LogP contribution in [0.3, 0.4) is 0 Å². The lowest BCUT2D eigenvalue weighted by atomic mass is 10.2. The van der Waals surface area contributed by atoms with Crippen LogP contribution in [0, 0.1) is 11.3 Å². The van der Waals surface area contributed by atoms with Crippen molar-refractivity contribution < 1.29 is 9.53 Å². The zero-order valence-electron chi connectivity index (χ0n) is 14.9. The van der Waals surface area contributed by atoms with Crippen LogP contribution in [0.15, 0.2) is 24.3 Å². The Labute approximate surface area is 158 Å². The highest BCUT2D eigenvalue weighted by Gasteiger charge is 2.17. The Morgan fingerprint density at radius 3 is 2.88 bits per heavy atom. The smallest absolute Gasteiger partial charge is 0.223 e. The summed E-state index contributed by atoms with van der Waals surface area (Å²) in [4.78, 5) is 21.4. The van der Waals surface area contributed by atoms with Gasteiger partial charge in [-0.05, 0) is 12.1 Å². The third kappa shape index (κ3) is 5.24. The van der Waals surface area contributed by atoms with E-state index in [9.17, 15) is 4.79 Å². The maximum Gasteiger partial charge on any atom is 0.223 e. The summed E-state index contributed by atoms with van der Waals surface area (Å²) in [5, 5.41) is 9.87. The Balaban J connectivity index is 1.52. The van der Waals surface area contributed by atoms with Crippen molar-refractivity contribution in [3.8, 4) is 6.07 Å². The van der Waals surface area contributed by atoms with Crippen molar-refractivity contribution in [2.75, 3.05) is 45.9 Å². The van der Waals surface area contributed by atoms with E-state index in [0.717, 1.165) is 48.1 Å². The molecule has 0 aliphatic carbocycles. The van der Waals surface area contributed by atoms with E-state index >= 15 is 0 Å². The molecule has 1 saturated heterocycles. The molecular weight excluding hydrogens is 348 g/mol. The van der Waals surface area contributed by atoms with Gasteiger partial charge in [-0.25, -0.2) is 4.98 Å². The molecule has 2 aromatic rings. The molecule has 1 aliphatic heterocycles. The van der Waals surface area contributed by atoms with E-state index in [1.807, 2.05) is 23.1 Å². The fourth-order valence-electron chi connectivity index (χ4n) is 3.03. The molecule has 138 valence electrons. The number of nitrogens with zero attached hydrogens (tertiary/aromatic N) is 4. The summed E-state index contributed by atoms with van der Waals surface area (Å²) in [6.45, 7) is 5.33. The molecule has 26 heavy (non-hydrogen) atoms. The molecular formula is C19H24N4O2S. The second-order valence-corrected chi connectivity index (χ2v) is 7.43. The van der Waals surface area contributed by atoms with E-state index in [0.29, 0.717) is 32.4 Å². The second-order valence-electron chi connectivity index (χ2n) is 6.32. The number of nitriles is 1. The van der Waals surface area contributed by atoms with Crippen LogP contribution in [-0.4, -0.2) is 66.6 Å². The van der Waals surface area contributed by atoms with Crippen LogP contribution >= 0.6 is 11.3 Å². The van der Waals surface area contributed by atoms with Crippen LogP contribution in [0.4, 0.5) is 0 Å². The summed E-state index contributed by atoms with van der Waals surface area (Å²) in [6, 6.07) is 10.2. The lowest BCUT2D eigenvalue weighted by molar-refractivity contribution is -0.131. The molecule has 1 amide bonds. The monoisotopic (exact) mass is 372 g/mol. The number of fused-ring (bicyclic) bond motifs is 1. The highest BCUT2D eigenvalue weighted by Crippen LogP contribution is 2.22. The molecule has 1 aromatic carbocycles. The number of rotatable bonds is 8. The van der Waals surface area contributed by atoms with Gasteiger partial charge < -0.3 is 9.64 Å². The zero-order chi connectivity index (χ0) is 18.2. The van der Waals surface area contributed by atoms with E-state index in [-0.39, 0.29) is 5.91 Å². The zero-order valence-corrected chi connectivity index (χ0v) is 15.7. The van der Waals surface area contributed by atoms with Gasteiger partial charge in [0.25, 0.3) is 0 Å². The SMILES string of the molecule is N#CCCN(CCN1CCOCC1)C(=O)CCc1nc2ccccc2s1. The summed E-state index contributed by atoms with van der Waals surface area (Å²) in [5.74, 6) is 0.104. The maximum atomic E-state index is 12.7. The first-order valence-corrected chi connectivity index (χ1v) is 9.87. The number of hydrogen-bond acceptors (Lipinski definition) is 6. The van der Waals surface area contributed by atoms with Crippen molar-refractivity contribution in [3.05, 3.63) is 29.3 Å². The van der Waals surface area contributed by atoms with E-state index in [4.69, 9.17) is 10.00 Å². The summed E-state index contributed by atoms with van der Waals surface area (Å²) < 4.78 is 6.52. The van der Waals surface area contributed by atoms with Gasteiger partial charge in [-0.1, -0.05) is 12.1 Å². The van der Waals surface area contributed by atoms with Gasteiger partial charge in [0.1, 0.15) is 0 Å². The lowest BCUT2D eigenvalue weighted by Crippen LogP contribution is -2.43. The number of ether oxygens (including phenoxy) is 1. The fourth-order valence-corrected chi connectivity index (χ4v) is 4.00. The van der Waals surface area contributed by atoms with E-state index < -0.39 is 0 Å². The minimum atomic E-state index is 0.104. The molecule has 0 N–H and O–H groups in total. The molecule has 2 heterocycles. The highest BCUT2D eigenvalue weighted by atomic mass is 32.1. The summed E-state index contributed by atoms with van der Waals surface area (Å²) >= 11 is 1.65. The minimum Gasteiger partial charge on any atom is -0.379 e. The van der Waals surface area contributed by atoms with Crippen LogP contribution in [0.25, 0.3) is 10.2 Å². The molecule has 1 aromatic heterocycles. The number of para-hydroxylation sites is 1. The molecule has 0 radical (unpaired) electrons. The lowest BCUT2D eigenvalue weighted by Gasteiger charge is -2.29. The summed E-state index contributed by atoms with van der Waals surface area (Å²) in [6.07, 6.45) is 1.46. The molecule has 1 fully saturated rings. The predicted octanol–water partition coefficient (Wildman–Crippen LogP) is 2.30. The van der Waals surface area contributed by atoms with Gasteiger partial charge in [-0.3, -0.25) is 9.69 Å². The molecule has 0 unspecified atom stereocenters. The molecule has 7 heteroatoms. The van der Waals surface area contributed by atoms with Crippen LogP contribution in [0.2, 0.25) is 0 Å². The number of morpholine rings is 1. The van der Waals surface area contributed by atoms with Gasteiger partial charge >= 0.3 is 0 Å². The van der Waals surface area contributed by atoms with Crippen molar-refractivity contribution in [1.82, 2.24) is 14.8 Å². The first-order chi connectivity index (χ1) is 12.8. The third-order valence-electron chi connectivity index (χ3n) is 4.53. The largest absolute Gasteiger partial charge is 0.379 e. The maximum absolute atomic E-state index is 12.7. The Morgan fingerprint density at radius 2 is 2.12 bits per heavy atom. The molecule has 6 nitrogen and oxygen atoms in total.